The van der Waals surface area contributed by atoms with E-state index in [4.69, 9.17) is 4.74 Å². The van der Waals surface area contributed by atoms with Crippen LogP contribution in [-0.2, 0) is 14.8 Å². The molecule has 0 aliphatic rings. The lowest BCUT2D eigenvalue weighted by molar-refractivity contribution is -0.118. The molecular formula is C21H22N2O4S. The SMILES string of the molecule is COc1cccc(N(C)C(=O)CN(C)S(=O)(=O)c2ccc3ccccc3c2)c1. The van der Waals surface area contributed by atoms with Crippen molar-refractivity contribution in [1.82, 2.24) is 4.31 Å². The lowest BCUT2D eigenvalue weighted by Crippen LogP contribution is -2.39. The van der Waals surface area contributed by atoms with E-state index in [0.29, 0.717) is 11.4 Å². The van der Waals surface area contributed by atoms with Gasteiger partial charge in [-0.2, -0.15) is 4.31 Å². The summed E-state index contributed by atoms with van der Waals surface area (Å²) in [6.07, 6.45) is 0. The third kappa shape index (κ3) is 4.00. The van der Waals surface area contributed by atoms with Crippen LogP contribution in [0.25, 0.3) is 10.8 Å². The van der Waals surface area contributed by atoms with E-state index >= 15 is 0 Å². The zero-order valence-corrected chi connectivity index (χ0v) is 16.8. The minimum Gasteiger partial charge on any atom is -0.497 e. The summed E-state index contributed by atoms with van der Waals surface area (Å²) in [4.78, 5) is 14.2. The van der Waals surface area contributed by atoms with E-state index in [2.05, 4.69) is 0 Å². The molecular weight excluding hydrogens is 376 g/mol. The van der Waals surface area contributed by atoms with E-state index in [9.17, 15) is 13.2 Å². The molecule has 0 spiro atoms. The highest BCUT2D eigenvalue weighted by atomic mass is 32.2. The summed E-state index contributed by atoms with van der Waals surface area (Å²) < 4.78 is 32.0. The number of carbonyl (C=O) groups is 1. The number of fused-ring (bicyclic) bond motifs is 1. The smallest absolute Gasteiger partial charge is 0.243 e. The maximum absolute atomic E-state index is 12.9. The summed E-state index contributed by atoms with van der Waals surface area (Å²) >= 11 is 0. The fourth-order valence-electron chi connectivity index (χ4n) is 2.85. The first-order valence-electron chi connectivity index (χ1n) is 8.68. The van der Waals surface area contributed by atoms with Crippen LogP contribution < -0.4 is 9.64 Å². The molecule has 0 aliphatic heterocycles. The Morgan fingerprint density at radius 3 is 2.36 bits per heavy atom. The average molecular weight is 398 g/mol. The second-order valence-electron chi connectivity index (χ2n) is 6.42. The molecule has 0 heterocycles. The number of anilines is 1. The highest BCUT2D eigenvalue weighted by Crippen LogP contribution is 2.23. The number of likely N-dealkylation sites (N-methyl/N-ethyl adjacent to an activating group) is 2. The predicted molar refractivity (Wildman–Crippen MR) is 110 cm³/mol. The Balaban J connectivity index is 1.79. The Labute approximate surface area is 165 Å². The van der Waals surface area contributed by atoms with Crippen molar-refractivity contribution in [3.8, 4) is 5.75 Å². The zero-order valence-electron chi connectivity index (χ0n) is 16.0. The van der Waals surface area contributed by atoms with Crippen molar-refractivity contribution in [2.24, 2.45) is 0 Å². The average Bonchev–Trinajstić information content (AvgIpc) is 2.72. The third-order valence-electron chi connectivity index (χ3n) is 4.60. The molecule has 0 aromatic heterocycles. The van der Waals surface area contributed by atoms with Crippen molar-refractivity contribution in [2.45, 2.75) is 4.90 Å². The summed E-state index contributed by atoms with van der Waals surface area (Å²) in [5, 5.41) is 1.79. The summed E-state index contributed by atoms with van der Waals surface area (Å²) in [6, 6.07) is 19.5. The van der Waals surface area contributed by atoms with Crippen LogP contribution in [0.3, 0.4) is 0 Å². The van der Waals surface area contributed by atoms with Gasteiger partial charge in [-0.15, -0.1) is 0 Å². The quantitative estimate of drug-likeness (QED) is 0.640. The maximum atomic E-state index is 12.9. The van der Waals surface area contributed by atoms with Crippen molar-refractivity contribution in [2.75, 3.05) is 32.6 Å². The van der Waals surface area contributed by atoms with Crippen LogP contribution in [0.4, 0.5) is 5.69 Å². The molecule has 0 N–H and O–H groups in total. The monoisotopic (exact) mass is 398 g/mol. The molecule has 1 amide bonds. The maximum Gasteiger partial charge on any atom is 0.243 e. The van der Waals surface area contributed by atoms with Gasteiger partial charge in [0.05, 0.1) is 18.6 Å². The van der Waals surface area contributed by atoms with Gasteiger partial charge < -0.3 is 9.64 Å². The lowest BCUT2D eigenvalue weighted by atomic mass is 10.1. The Bertz CT molecular complexity index is 1110. The van der Waals surface area contributed by atoms with Crippen LogP contribution in [0.1, 0.15) is 0 Å². The number of sulfonamides is 1. The first-order valence-corrected chi connectivity index (χ1v) is 10.1. The van der Waals surface area contributed by atoms with Gasteiger partial charge in [-0.25, -0.2) is 8.42 Å². The van der Waals surface area contributed by atoms with Gasteiger partial charge in [0, 0.05) is 25.8 Å². The molecule has 3 rings (SSSR count). The number of rotatable bonds is 6. The highest BCUT2D eigenvalue weighted by Gasteiger charge is 2.25. The summed E-state index contributed by atoms with van der Waals surface area (Å²) in [7, 11) is 0.763. The number of nitrogens with zero attached hydrogens (tertiary/aromatic N) is 2. The van der Waals surface area contributed by atoms with Gasteiger partial charge in [0.15, 0.2) is 0 Å². The van der Waals surface area contributed by atoms with Gasteiger partial charge in [0.2, 0.25) is 15.9 Å². The van der Waals surface area contributed by atoms with Crippen LogP contribution in [0.5, 0.6) is 5.75 Å². The van der Waals surface area contributed by atoms with Crippen molar-refractivity contribution in [3.05, 3.63) is 66.7 Å². The molecule has 28 heavy (non-hydrogen) atoms. The second-order valence-corrected chi connectivity index (χ2v) is 8.47. The van der Waals surface area contributed by atoms with Crippen molar-refractivity contribution < 1.29 is 17.9 Å². The van der Waals surface area contributed by atoms with Gasteiger partial charge in [-0.1, -0.05) is 36.4 Å². The standard InChI is InChI=1S/C21H22N2O4S/c1-22(15-21(24)23(2)18-9-6-10-19(14-18)27-3)28(25,26)20-12-11-16-7-4-5-8-17(16)13-20/h4-14H,15H2,1-3H3. The molecule has 0 saturated carbocycles. The van der Waals surface area contributed by atoms with Crippen molar-refractivity contribution in [3.63, 3.8) is 0 Å². The largest absolute Gasteiger partial charge is 0.497 e. The summed E-state index contributed by atoms with van der Waals surface area (Å²) in [5.41, 5.74) is 0.626. The normalized spacial score (nSPS) is 11.6. The van der Waals surface area contributed by atoms with E-state index in [0.717, 1.165) is 15.1 Å². The van der Waals surface area contributed by atoms with Crippen LogP contribution in [0.2, 0.25) is 0 Å². The molecule has 0 bridgehead atoms. The van der Waals surface area contributed by atoms with Crippen molar-refractivity contribution >= 4 is 32.4 Å². The molecule has 3 aromatic rings. The molecule has 6 nitrogen and oxygen atoms in total. The molecule has 0 aliphatic carbocycles. The number of hydrogen-bond donors (Lipinski definition) is 0. The molecule has 0 unspecified atom stereocenters. The van der Waals surface area contributed by atoms with Gasteiger partial charge in [-0.3, -0.25) is 4.79 Å². The van der Waals surface area contributed by atoms with E-state index in [1.807, 2.05) is 24.3 Å². The Hall–Kier alpha value is -2.90. The Kier molecular flexibility index (Phi) is 5.67. The van der Waals surface area contributed by atoms with E-state index < -0.39 is 10.0 Å². The fraction of sp³-hybridized carbons (Fsp3) is 0.190. The third-order valence-corrected chi connectivity index (χ3v) is 6.40. The van der Waals surface area contributed by atoms with Gasteiger partial charge >= 0.3 is 0 Å². The van der Waals surface area contributed by atoms with E-state index in [1.165, 1.54) is 11.9 Å². The molecule has 0 radical (unpaired) electrons. The molecule has 7 heteroatoms. The Morgan fingerprint density at radius 2 is 1.64 bits per heavy atom. The summed E-state index contributed by atoms with van der Waals surface area (Å²) in [5.74, 6) is 0.273. The summed E-state index contributed by atoms with van der Waals surface area (Å²) in [6.45, 7) is -0.275. The van der Waals surface area contributed by atoms with Crippen LogP contribution >= 0.6 is 0 Å². The zero-order chi connectivity index (χ0) is 20.3. The van der Waals surface area contributed by atoms with Crippen LogP contribution in [-0.4, -0.2) is 46.4 Å². The molecule has 3 aromatic carbocycles. The number of ether oxygens (including phenoxy) is 1. The molecule has 0 atom stereocenters. The van der Waals surface area contributed by atoms with Crippen LogP contribution in [0.15, 0.2) is 71.6 Å². The number of methoxy groups -OCH3 is 1. The van der Waals surface area contributed by atoms with Gasteiger partial charge in [0.1, 0.15) is 5.75 Å². The Morgan fingerprint density at radius 1 is 0.929 bits per heavy atom. The van der Waals surface area contributed by atoms with Crippen molar-refractivity contribution in [1.29, 1.82) is 0 Å². The van der Waals surface area contributed by atoms with Gasteiger partial charge in [0.25, 0.3) is 0 Å². The number of carbonyl (C=O) groups excluding carboxylic acids is 1. The minimum atomic E-state index is -3.79. The second kappa shape index (κ2) is 8.00. The van der Waals surface area contributed by atoms with Crippen LogP contribution in [0, 0.1) is 0 Å². The molecule has 0 fully saturated rings. The lowest BCUT2D eigenvalue weighted by Gasteiger charge is -2.22. The molecule has 146 valence electrons. The number of amides is 1. The number of benzene rings is 3. The molecule has 0 saturated heterocycles. The number of hydrogen-bond acceptors (Lipinski definition) is 4. The minimum absolute atomic E-state index is 0.158. The topological polar surface area (TPSA) is 66.9 Å². The van der Waals surface area contributed by atoms with E-state index in [-0.39, 0.29) is 17.3 Å². The first-order chi connectivity index (χ1) is 13.3. The van der Waals surface area contributed by atoms with E-state index in [1.54, 1.807) is 56.6 Å². The fourth-order valence-corrected chi connectivity index (χ4v) is 4.01. The van der Waals surface area contributed by atoms with Gasteiger partial charge in [-0.05, 0) is 35.0 Å². The first kappa shape index (κ1) is 19.9. The predicted octanol–water partition coefficient (Wildman–Crippen LogP) is 3.13. The highest BCUT2D eigenvalue weighted by molar-refractivity contribution is 7.89.